The van der Waals surface area contributed by atoms with Crippen LogP contribution in [0.3, 0.4) is 0 Å². The van der Waals surface area contributed by atoms with Gasteiger partial charge in [-0.15, -0.1) is 0 Å². The van der Waals surface area contributed by atoms with Crippen LogP contribution in [-0.4, -0.2) is 37.2 Å². The highest BCUT2D eigenvalue weighted by atomic mass is 16.6. The van der Waals surface area contributed by atoms with E-state index in [2.05, 4.69) is 142 Å². The van der Waals surface area contributed by atoms with Crippen molar-refractivity contribution in [2.24, 2.45) is 0 Å². The molecule has 0 radical (unpaired) electrons. The lowest BCUT2D eigenvalue weighted by Crippen LogP contribution is -2.30. The van der Waals surface area contributed by atoms with E-state index in [9.17, 15) is 14.4 Å². The normalized spacial score (nSPS) is 12.9. The van der Waals surface area contributed by atoms with Crippen LogP contribution in [0.1, 0.15) is 329 Å². The third kappa shape index (κ3) is 68.5. The second kappa shape index (κ2) is 70.3. The van der Waals surface area contributed by atoms with Crippen molar-refractivity contribution in [1.82, 2.24) is 0 Å². The monoisotopic (exact) mass is 1150 g/mol. The van der Waals surface area contributed by atoms with Gasteiger partial charge in [-0.1, -0.05) is 303 Å². The number of esters is 3. The minimum absolute atomic E-state index is 0.0868. The van der Waals surface area contributed by atoms with Gasteiger partial charge >= 0.3 is 17.9 Å². The fourth-order valence-electron chi connectivity index (χ4n) is 9.75. The van der Waals surface area contributed by atoms with E-state index in [1.165, 1.54) is 154 Å². The largest absolute Gasteiger partial charge is 0.462 e. The first kappa shape index (κ1) is 78.8. The lowest BCUT2D eigenvalue weighted by Gasteiger charge is -2.18. The minimum atomic E-state index is -0.792. The predicted molar refractivity (Wildman–Crippen MR) is 362 cm³/mol. The van der Waals surface area contributed by atoms with E-state index in [0.29, 0.717) is 19.3 Å². The topological polar surface area (TPSA) is 78.9 Å². The molecule has 0 aromatic rings. The molecular formula is C77H130O6. The Labute approximate surface area is 513 Å². The first-order valence-corrected chi connectivity index (χ1v) is 35.0. The van der Waals surface area contributed by atoms with E-state index in [-0.39, 0.29) is 31.1 Å². The molecule has 0 aliphatic heterocycles. The molecule has 0 heterocycles. The molecule has 0 rings (SSSR count). The average Bonchev–Trinajstić information content (AvgIpc) is 3.49. The number of hydrogen-bond acceptors (Lipinski definition) is 6. The highest BCUT2D eigenvalue weighted by Crippen LogP contribution is 2.17. The molecule has 0 N–H and O–H groups in total. The molecule has 0 aliphatic carbocycles. The van der Waals surface area contributed by atoms with E-state index in [1.54, 1.807) is 0 Å². The zero-order valence-corrected chi connectivity index (χ0v) is 54.4. The van der Waals surface area contributed by atoms with Crippen molar-refractivity contribution in [3.8, 4) is 0 Å². The second-order valence-corrected chi connectivity index (χ2v) is 23.0. The Morgan fingerprint density at radius 2 is 0.470 bits per heavy atom. The lowest BCUT2D eigenvalue weighted by atomic mass is 10.0. The maximum Gasteiger partial charge on any atom is 0.306 e. The molecule has 0 fully saturated rings. The first-order valence-electron chi connectivity index (χ1n) is 35.0. The summed E-state index contributed by atoms with van der Waals surface area (Å²) < 4.78 is 17.0. The molecule has 83 heavy (non-hydrogen) atoms. The van der Waals surface area contributed by atoms with Crippen LogP contribution in [0.5, 0.6) is 0 Å². The third-order valence-electron chi connectivity index (χ3n) is 14.9. The van der Waals surface area contributed by atoms with Crippen LogP contribution in [0.15, 0.2) is 122 Å². The van der Waals surface area contributed by atoms with Crippen LogP contribution in [0, 0.1) is 0 Å². The Morgan fingerprint density at radius 3 is 0.735 bits per heavy atom. The van der Waals surface area contributed by atoms with Crippen molar-refractivity contribution in [1.29, 1.82) is 0 Å². The Morgan fingerprint density at radius 1 is 0.253 bits per heavy atom. The predicted octanol–water partition coefficient (Wildman–Crippen LogP) is 24.3. The summed E-state index contributed by atoms with van der Waals surface area (Å²) in [6.45, 7) is 6.42. The van der Waals surface area contributed by atoms with Gasteiger partial charge in [-0.05, 0) is 128 Å². The smallest absolute Gasteiger partial charge is 0.306 e. The van der Waals surface area contributed by atoms with Gasteiger partial charge in [0.2, 0.25) is 0 Å². The number of carbonyl (C=O) groups excluding carboxylic acids is 3. The van der Waals surface area contributed by atoms with Gasteiger partial charge in [-0.25, -0.2) is 0 Å². The molecule has 1 unspecified atom stereocenters. The maximum absolute atomic E-state index is 13.0. The Hall–Kier alpha value is -4.19. The van der Waals surface area contributed by atoms with Crippen LogP contribution in [-0.2, 0) is 28.6 Å². The van der Waals surface area contributed by atoms with Gasteiger partial charge in [0.25, 0.3) is 0 Å². The highest BCUT2D eigenvalue weighted by Gasteiger charge is 2.19. The van der Waals surface area contributed by atoms with E-state index in [4.69, 9.17) is 14.2 Å². The Bertz CT molecular complexity index is 1700. The fraction of sp³-hybridized carbons (Fsp3) is 0.701. The molecular weight excluding hydrogens is 1020 g/mol. The van der Waals surface area contributed by atoms with Gasteiger partial charge in [0.05, 0.1) is 0 Å². The molecule has 0 amide bonds. The van der Waals surface area contributed by atoms with E-state index >= 15 is 0 Å². The van der Waals surface area contributed by atoms with Gasteiger partial charge in [0.15, 0.2) is 6.10 Å². The number of hydrogen-bond donors (Lipinski definition) is 0. The summed E-state index contributed by atoms with van der Waals surface area (Å²) in [4.78, 5) is 38.5. The van der Waals surface area contributed by atoms with E-state index in [0.717, 1.165) is 135 Å². The van der Waals surface area contributed by atoms with Crippen molar-refractivity contribution in [3.63, 3.8) is 0 Å². The summed E-state index contributed by atoms with van der Waals surface area (Å²) in [5.74, 6) is -0.898. The number of allylic oxidation sites excluding steroid dienone is 20. The Balaban J connectivity index is 4.35. The standard InChI is InChI=1S/C77H130O6/c1-4-7-10-13-16-19-22-25-28-30-32-34-36-37-38-39-41-42-44-46-49-52-55-58-61-64-67-70-76(79)82-73-74(72-81-75(78)69-66-63-60-57-54-51-48-27-24-21-18-15-12-9-6-3)83-77(80)71-68-65-62-59-56-53-50-47-45-43-40-35-33-31-29-26-23-20-17-14-11-8-5-2/h7,9-10,12,16,18-19,21,23,25-28,31-34,37-38,48,74H,4-6,8,11,13-15,17,20,22,24,29-30,35-36,39-47,49-73H2,1-3H3/b10-7-,12-9-,19-16-,21-18-,26-23-,28-25-,33-31-,34-32-,38-37-,48-27-. The second-order valence-electron chi connectivity index (χ2n) is 23.0. The van der Waals surface area contributed by atoms with Crippen molar-refractivity contribution < 1.29 is 28.6 Å². The molecule has 474 valence electrons. The molecule has 0 saturated carbocycles. The van der Waals surface area contributed by atoms with Gasteiger partial charge in [0.1, 0.15) is 13.2 Å². The zero-order chi connectivity index (χ0) is 59.9. The summed E-state index contributed by atoms with van der Waals surface area (Å²) in [6.07, 6.45) is 97.9. The summed E-state index contributed by atoms with van der Waals surface area (Å²) in [5.41, 5.74) is 0. The lowest BCUT2D eigenvalue weighted by molar-refractivity contribution is -0.167. The van der Waals surface area contributed by atoms with Gasteiger partial charge in [-0.3, -0.25) is 14.4 Å². The number of unbranched alkanes of at least 4 members (excludes halogenated alkanes) is 32. The molecule has 0 bridgehead atoms. The van der Waals surface area contributed by atoms with E-state index in [1.807, 2.05) is 0 Å². The number of carbonyl (C=O) groups is 3. The minimum Gasteiger partial charge on any atom is -0.462 e. The van der Waals surface area contributed by atoms with Crippen LogP contribution in [0.2, 0.25) is 0 Å². The van der Waals surface area contributed by atoms with Crippen LogP contribution in [0.25, 0.3) is 0 Å². The zero-order valence-electron chi connectivity index (χ0n) is 54.4. The Kier molecular flexibility index (Phi) is 66.7. The molecule has 0 spiro atoms. The van der Waals surface area contributed by atoms with Crippen molar-refractivity contribution in [3.05, 3.63) is 122 Å². The number of rotatable bonds is 63. The molecule has 0 aromatic carbocycles. The first-order chi connectivity index (χ1) is 41.0. The van der Waals surface area contributed by atoms with Gasteiger partial charge in [0, 0.05) is 19.3 Å². The van der Waals surface area contributed by atoms with Gasteiger partial charge < -0.3 is 14.2 Å². The van der Waals surface area contributed by atoms with Crippen LogP contribution >= 0.6 is 0 Å². The summed E-state index contributed by atoms with van der Waals surface area (Å²) in [7, 11) is 0. The highest BCUT2D eigenvalue weighted by molar-refractivity contribution is 5.71. The van der Waals surface area contributed by atoms with Crippen molar-refractivity contribution in [2.45, 2.75) is 335 Å². The van der Waals surface area contributed by atoms with E-state index < -0.39 is 6.10 Å². The molecule has 0 aromatic heterocycles. The van der Waals surface area contributed by atoms with Crippen LogP contribution in [0.4, 0.5) is 0 Å². The molecule has 0 aliphatic rings. The quantitative estimate of drug-likeness (QED) is 0.0261. The molecule has 1 atom stereocenters. The third-order valence-corrected chi connectivity index (χ3v) is 14.9. The summed E-state index contributed by atoms with van der Waals surface area (Å²) >= 11 is 0. The summed E-state index contributed by atoms with van der Waals surface area (Å²) in [5, 5.41) is 0. The van der Waals surface area contributed by atoms with Crippen LogP contribution < -0.4 is 0 Å². The van der Waals surface area contributed by atoms with Crippen molar-refractivity contribution >= 4 is 17.9 Å². The molecule has 0 saturated heterocycles. The SMILES string of the molecule is CC/C=C\C/C=C\C/C=C\C/C=C\C/C=C\CCCCCCCCCCCCCC(=O)OCC(COC(=O)CCCCCCC/C=C\C/C=C\C/C=C\CC)OC(=O)CCCCCCCCCCCCC/C=C\C/C=C\CCCCCCC. The number of ether oxygens (including phenoxy) is 3. The maximum atomic E-state index is 13.0. The fourth-order valence-corrected chi connectivity index (χ4v) is 9.75. The van der Waals surface area contributed by atoms with Gasteiger partial charge in [-0.2, -0.15) is 0 Å². The average molecular weight is 1150 g/mol. The molecule has 6 heteroatoms. The summed E-state index contributed by atoms with van der Waals surface area (Å²) in [6, 6.07) is 0. The molecule has 6 nitrogen and oxygen atoms in total. The van der Waals surface area contributed by atoms with Crippen molar-refractivity contribution in [2.75, 3.05) is 13.2 Å².